The molecule has 0 amide bonds. The molecule has 0 saturated carbocycles. The van der Waals surface area contributed by atoms with Crippen LogP contribution in [0.25, 0.3) is 0 Å². The second-order valence-corrected chi connectivity index (χ2v) is 6.42. The van der Waals surface area contributed by atoms with Gasteiger partial charge in [0.25, 0.3) is 0 Å². The quantitative estimate of drug-likeness (QED) is 0.842. The topological polar surface area (TPSA) is 28.4 Å². The molecule has 3 nitrogen and oxygen atoms in total. The largest absolute Gasteiger partial charge is 0.388 e. The number of aliphatic hydroxyl groups excluding tert-OH is 1. The van der Waals surface area contributed by atoms with E-state index in [1.165, 1.54) is 36.2 Å². The molecule has 0 spiro atoms. The number of hydrogen-bond donors (Lipinski definition) is 1. The number of aromatic nitrogens is 1. The Morgan fingerprint density at radius 2 is 1.79 bits per heavy atom. The van der Waals surface area contributed by atoms with Crippen LogP contribution in [-0.2, 0) is 6.42 Å². The molecule has 1 saturated heterocycles. The van der Waals surface area contributed by atoms with Crippen LogP contribution in [0.3, 0.4) is 0 Å². The maximum Gasteiger partial charge on any atom is 0.0808 e. The number of piperidine rings is 1. The summed E-state index contributed by atoms with van der Waals surface area (Å²) >= 11 is 0. The molecule has 19 heavy (non-hydrogen) atoms. The first-order chi connectivity index (χ1) is 9.09. The number of aliphatic hydroxyl groups is 1. The molecule has 3 unspecified atom stereocenters. The highest BCUT2D eigenvalue weighted by molar-refractivity contribution is 5.34. The lowest BCUT2D eigenvalue weighted by Gasteiger charge is -2.43. The van der Waals surface area contributed by atoms with E-state index in [1.54, 1.807) is 0 Å². The van der Waals surface area contributed by atoms with Crippen LogP contribution >= 0.6 is 0 Å². The highest BCUT2D eigenvalue weighted by Gasteiger charge is 2.31. The van der Waals surface area contributed by atoms with E-state index in [9.17, 15) is 5.11 Å². The first kappa shape index (κ1) is 13.0. The minimum atomic E-state index is -0.251. The van der Waals surface area contributed by atoms with Crippen molar-refractivity contribution in [1.29, 1.82) is 0 Å². The standard InChI is InChI=1S/C16H26N2O/c1-11-6-4-7-12(2)17(11)18-13(3)10-14-15(18)8-5-9-16(14)19/h10-12,16,19H,4-9H2,1-3H3. The molecule has 3 heteroatoms. The lowest BCUT2D eigenvalue weighted by Crippen LogP contribution is -2.52. The molecule has 3 rings (SSSR count). The van der Waals surface area contributed by atoms with Gasteiger partial charge in [0.1, 0.15) is 0 Å². The Labute approximate surface area is 116 Å². The summed E-state index contributed by atoms with van der Waals surface area (Å²) in [5.74, 6) is 0. The summed E-state index contributed by atoms with van der Waals surface area (Å²) in [4.78, 5) is 0. The predicted octanol–water partition coefficient (Wildman–Crippen LogP) is 3.07. The number of hydrogen-bond acceptors (Lipinski definition) is 2. The van der Waals surface area contributed by atoms with Crippen LogP contribution in [0.2, 0.25) is 0 Å². The van der Waals surface area contributed by atoms with Crippen molar-refractivity contribution in [3.63, 3.8) is 0 Å². The molecule has 2 heterocycles. The van der Waals surface area contributed by atoms with Crippen molar-refractivity contribution in [2.75, 3.05) is 5.01 Å². The average molecular weight is 262 g/mol. The van der Waals surface area contributed by atoms with Crippen LogP contribution in [0.5, 0.6) is 0 Å². The molecule has 2 aliphatic rings. The van der Waals surface area contributed by atoms with E-state index < -0.39 is 0 Å². The first-order valence-corrected chi connectivity index (χ1v) is 7.77. The lowest BCUT2D eigenvalue weighted by molar-refractivity contribution is 0.155. The van der Waals surface area contributed by atoms with Gasteiger partial charge in [-0.15, -0.1) is 0 Å². The smallest absolute Gasteiger partial charge is 0.0808 e. The summed E-state index contributed by atoms with van der Waals surface area (Å²) in [5, 5.41) is 12.7. The van der Waals surface area contributed by atoms with Crippen LogP contribution in [0, 0.1) is 6.92 Å². The summed E-state index contributed by atoms with van der Waals surface area (Å²) in [6.07, 6.45) is 6.77. The van der Waals surface area contributed by atoms with E-state index in [0.717, 1.165) is 19.3 Å². The molecule has 1 aliphatic carbocycles. The zero-order valence-electron chi connectivity index (χ0n) is 12.4. The minimum absolute atomic E-state index is 0.251. The Bertz CT molecular complexity index is 456. The Kier molecular flexibility index (Phi) is 3.34. The molecule has 1 aromatic rings. The summed E-state index contributed by atoms with van der Waals surface area (Å²) in [6.45, 7) is 6.85. The van der Waals surface area contributed by atoms with Crippen molar-refractivity contribution in [3.8, 4) is 0 Å². The van der Waals surface area contributed by atoms with Crippen LogP contribution in [-0.4, -0.2) is 21.9 Å². The van der Waals surface area contributed by atoms with E-state index in [2.05, 4.69) is 36.5 Å². The normalized spacial score (nSPS) is 31.4. The third-order valence-electron chi connectivity index (χ3n) is 4.92. The van der Waals surface area contributed by atoms with Gasteiger partial charge in [0.2, 0.25) is 0 Å². The van der Waals surface area contributed by atoms with Crippen molar-refractivity contribution in [2.24, 2.45) is 0 Å². The first-order valence-electron chi connectivity index (χ1n) is 7.77. The summed E-state index contributed by atoms with van der Waals surface area (Å²) in [6, 6.07) is 3.39. The predicted molar refractivity (Wildman–Crippen MR) is 78.1 cm³/mol. The van der Waals surface area contributed by atoms with Crippen molar-refractivity contribution in [3.05, 3.63) is 23.0 Å². The fraction of sp³-hybridized carbons (Fsp3) is 0.750. The van der Waals surface area contributed by atoms with E-state index >= 15 is 0 Å². The van der Waals surface area contributed by atoms with Gasteiger partial charge in [0, 0.05) is 29.0 Å². The molecule has 0 radical (unpaired) electrons. The van der Waals surface area contributed by atoms with Gasteiger partial charge >= 0.3 is 0 Å². The molecule has 3 atom stereocenters. The van der Waals surface area contributed by atoms with Gasteiger partial charge in [-0.2, -0.15) is 0 Å². The second-order valence-electron chi connectivity index (χ2n) is 6.42. The molecule has 1 aliphatic heterocycles. The van der Waals surface area contributed by atoms with Gasteiger partial charge in [-0.05, 0) is 65.4 Å². The highest BCUT2D eigenvalue weighted by Crippen LogP contribution is 2.34. The third kappa shape index (κ3) is 2.08. The number of nitrogens with zero attached hydrogens (tertiary/aromatic N) is 2. The highest BCUT2D eigenvalue weighted by atomic mass is 16.3. The van der Waals surface area contributed by atoms with Gasteiger partial charge in [-0.1, -0.05) is 0 Å². The summed E-state index contributed by atoms with van der Waals surface area (Å²) in [5.41, 5.74) is 3.82. The van der Waals surface area contributed by atoms with Gasteiger partial charge in [0.15, 0.2) is 0 Å². The van der Waals surface area contributed by atoms with E-state index in [1.807, 2.05) is 0 Å². The molecular formula is C16H26N2O. The average Bonchev–Trinajstić information content (AvgIpc) is 2.68. The van der Waals surface area contributed by atoms with E-state index in [-0.39, 0.29) is 6.10 Å². The van der Waals surface area contributed by atoms with Crippen LogP contribution in [0.1, 0.15) is 69.0 Å². The van der Waals surface area contributed by atoms with E-state index in [4.69, 9.17) is 0 Å². The third-order valence-corrected chi connectivity index (χ3v) is 4.92. The molecule has 1 fully saturated rings. The Balaban J connectivity index is 2.04. The Morgan fingerprint density at radius 1 is 1.11 bits per heavy atom. The van der Waals surface area contributed by atoms with Crippen molar-refractivity contribution < 1.29 is 5.11 Å². The van der Waals surface area contributed by atoms with Gasteiger partial charge in [0.05, 0.1) is 6.10 Å². The Morgan fingerprint density at radius 3 is 2.47 bits per heavy atom. The molecular weight excluding hydrogens is 236 g/mol. The van der Waals surface area contributed by atoms with Gasteiger partial charge in [-0.3, -0.25) is 4.68 Å². The second kappa shape index (κ2) is 4.86. The SMILES string of the molecule is Cc1cc2c(n1N1C(C)CCCC1C)CCCC2O. The summed E-state index contributed by atoms with van der Waals surface area (Å²) in [7, 11) is 0. The number of rotatable bonds is 1. The maximum absolute atomic E-state index is 10.2. The van der Waals surface area contributed by atoms with Crippen LogP contribution < -0.4 is 5.01 Å². The molecule has 1 aromatic heterocycles. The van der Waals surface area contributed by atoms with Crippen molar-refractivity contribution in [2.45, 2.75) is 77.5 Å². The monoisotopic (exact) mass is 262 g/mol. The number of fused-ring (bicyclic) bond motifs is 1. The van der Waals surface area contributed by atoms with Gasteiger partial charge < -0.3 is 10.1 Å². The molecule has 0 bridgehead atoms. The van der Waals surface area contributed by atoms with Crippen molar-refractivity contribution in [1.82, 2.24) is 4.68 Å². The fourth-order valence-corrected chi connectivity index (χ4v) is 3.99. The zero-order valence-corrected chi connectivity index (χ0v) is 12.4. The molecule has 1 N–H and O–H groups in total. The van der Waals surface area contributed by atoms with Crippen LogP contribution in [0.4, 0.5) is 0 Å². The van der Waals surface area contributed by atoms with Crippen LogP contribution in [0.15, 0.2) is 6.07 Å². The minimum Gasteiger partial charge on any atom is -0.388 e. The lowest BCUT2D eigenvalue weighted by atomic mass is 9.95. The van der Waals surface area contributed by atoms with E-state index in [0.29, 0.717) is 12.1 Å². The number of aryl methyl sites for hydroxylation is 1. The zero-order chi connectivity index (χ0) is 13.6. The molecule has 106 valence electrons. The Hall–Kier alpha value is -0.960. The molecule has 0 aromatic carbocycles. The van der Waals surface area contributed by atoms with Crippen molar-refractivity contribution >= 4 is 0 Å². The fourth-order valence-electron chi connectivity index (χ4n) is 3.99. The summed E-state index contributed by atoms with van der Waals surface area (Å²) < 4.78 is 2.42. The van der Waals surface area contributed by atoms with Gasteiger partial charge in [-0.25, -0.2) is 0 Å². The maximum atomic E-state index is 10.2.